The van der Waals surface area contributed by atoms with Gasteiger partial charge in [-0.1, -0.05) is 44.0 Å². The van der Waals surface area contributed by atoms with E-state index in [1.54, 1.807) is 0 Å². The maximum Gasteiger partial charge on any atom is 0.239 e. The molecule has 0 spiro atoms. The zero-order valence-electron chi connectivity index (χ0n) is 11.0. The first-order valence-corrected chi connectivity index (χ1v) is 7.95. The lowest BCUT2D eigenvalue weighted by molar-refractivity contribution is 0.243. The number of primary sulfonamides is 1. The Hall–Kier alpha value is -0.490. The topological polar surface area (TPSA) is 69.4 Å². The van der Waals surface area contributed by atoms with E-state index in [0.717, 1.165) is 6.42 Å². The van der Waals surface area contributed by atoms with E-state index in [9.17, 15) is 8.42 Å². The Morgan fingerprint density at radius 2 is 1.79 bits per heavy atom. The number of ether oxygens (including phenoxy) is 1. The molecule has 4 nitrogen and oxygen atoms in total. The summed E-state index contributed by atoms with van der Waals surface area (Å²) in [4.78, 5) is -0.206. The molecule has 108 valence electrons. The van der Waals surface area contributed by atoms with E-state index < -0.39 is 10.0 Å². The number of hydrogen-bond acceptors (Lipinski definition) is 3. The molecule has 0 aliphatic rings. The molecule has 0 aliphatic carbocycles. The molecular formula is C12H17Cl2NO3S. The van der Waals surface area contributed by atoms with Crippen LogP contribution in [0.4, 0.5) is 0 Å². The van der Waals surface area contributed by atoms with Crippen LogP contribution in [0.3, 0.4) is 0 Å². The Morgan fingerprint density at radius 3 is 2.26 bits per heavy atom. The molecule has 0 saturated carbocycles. The van der Waals surface area contributed by atoms with Crippen molar-refractivity contribution in [3.8, 4) is 5.75 Å². The fraction of sp³-hybridized carbons (Fsp3) is 0.500. The van der Waals surface area contributed by atoms with E-state index in [2.05, 4.69) is 20.8 Å². The molecule has 0 saturated heterocycles. The van der Waals surface area contributed by atoms with Gasteiger partial charge in [-0.3, -0.25) is 0 Å². The van der Waals surface area contributed by atoms with Crippen LogP contribution in [0.15, 0.2) is 17.0 Å². The molecule has 0 aliphatic heterocycles. The van der Waals surface area contributed by atoms with Crippen LogP contribution in [0, 0.1) is 5.41 Å². The summed E-state index contributed by atoms with van der Waals surface area (Å²) >= 11 is 11.8. The first-order chi connectivity index (χ1) is 8.50. The number of nitrogens with two attached hydrogens (primary N) is 1. The second kappa shape index (κ2) is 5.87. The maximum absolute atomic E-state index is 11.3. The van der Waals surface area contributed by atoms with Gasteiger partial charge in [-0.05, 0) is 17.9 Å². The van der Waals surface area contributed by atoms with Crippen LogP contribution in [0.25, 0.3) is 0 Å². The van der Waals surface area contributed by atoms with Gasteiger partial charge in [0.2, 0.25) is 10.0 Å². The Morgan fingerprint density at radius 1 is 1.21 bits per heavy atom. The fourth-order valence-electron chi connectivity index (χ4n) is 1.31. The molecule has 0 amide bonds. The van der Waals surface area contributed by atoms with Gasteiger partial charge in [0.15, 0.2) is 0 Å². The van der Waals surface area contributed by atoms with Crippen LogP contribution in [-0.2, 0) is 10.0 Å². The highest BCUT2D eigenvalue weighted by Crippen LogP contribution is 2.33. The Kier molecular flexibility index (Phi) is 5.12. The van der Waals surface area contributed by atoms with Crippen molar-refractivity contribution >= 4 is 33.2 Å². The normalized spacial score (nSPS) is 12.5. The Balaban J connectivity index is 2.91. The summed E-state index contributed by atoms with van der Waals surface area (Å²) in [6, 6.07) is 2.57. The van der Waals surface area contributed by atoms with Crippen molar-refractivity contribution in [1.29, 1.82) is 0 Å². The number of rotatable bonds is 4. The van der Waals surface area contributed by atoms with Crippen LogP contribution >= 0.6 is 23.2 Å². The minimum absolute atomic E-state index is 0.00217. The molecule has 0 heterocycles. The Labute approximate surface area is 123 Å². The molecule has 0 aromatic heterocycles. The van der Waals surface area contributed by atoms with Gasteiger partial charge in [0.1, 0.15) is 10.6 Å². The van der Waals surface area contributed by atoms with E-state index in [1.165, 1.54) is 12.1 Å². The molecule has 0 radical (unpaired) electrons. The summed E-state index contributed by atoms with van der Waals surface area (Å²) in [5.41, 5.74) is 0.136. The quantitative estimate of drug-likeness (QED) is 0.921. The fourth-order valence-corrected chi connectivity index (χ4v) is 2.68. The summed E-state index contributed by atoms with van der Waals surface area (Å²) in [6.07, 6.45) is 0.831. The molecule has 2 N–H and O–H groups in total. The first kappa shape index (κ1) is 16.6. The number of sulfonamides is 1. The predicted octanol–water partition coefficient (Wildman–Crippen LogP) is 3.46. The van der Waals surface area contributed by atoms with Gasteiger partial charge in [0.25, 0.3) is 0 Å². The summed E-state index contributed by atoms with van der Waals surface area (Å²) in [7, 11) is -3.89. The van der Waals surface area contributed by atoms with Crippen LogP contribution in [-0.4, -0.2) is 15.0 Å². The molecule has 0 fully saturated rings. The van der Waals surface area contributed by atoms with Crippen molar-refractivity contribution in [2.75, 3.05) is 6.61 Å². The van der Waals surface area contributed by atoms with Crippen molar-refractivity contribution in [2.24, 2.45) is 10.6 Å². The van der Waals surface area contributed by atoms with E-state index in [1.807, 2.05) is 0 Å². The monoisotopic (exact) mass is 325 g/mol. The van der Waals surface area contributed by atoms with Gasteiger partial charge < -0.3 is 4.74 Å². The largest absolute Gasteiger partial charge is 0.492 e. The van der Waals surface area contributed by atoms with Crippen molar-refractivity contribution in [3.63, 3.8) is 0 Å². The SMILES string of the molecule is CC(C)(C)CCOc1cc(Cl)c(S(N)(=O)=O)cc1Cl. The Bertz CT molecular complexity index is 565. The highest BCUT2D eigenvalue weighted by atomic mass is 35.5. The zero-order chi connectivity index (χ0) is 14.8. The lowest BCUT2D eigenvalue weighted by Gasteiger charge is -2.18. The summed E-state index contributed by atoms with van der Waals surface area (Å²) in [6.45, 7) is 6.74. The molecule has 0 unspecified atom stereocenters. The third-order valence-electron chi connectivity index (χ3n) is 2.40. The van der Waals surface area contributed by atoms with Gasteiger partial charge in [0.05, 0.1) is 16.7 Å². The number of benzene rings is 1. The van der Waals surface area contributed by atoms with Crippen LogP contribution in [0.5, 0.6) is 5.75 Å². The second-order valence-electron chi connectivity index (χ2n) is 5.42. The van der Waals surface area contributed by atoms with E-state index in [-0.39, 0.29) is 20.4 Å². The predicted molar refractivity (Wildman–Crippen MR) is 77.4 cm³/mol. The van der Waals surface area contributed by atoms with Crippen LogP contribution in [0.1, 0.15) is 27.2 Å². The molecule has 0 atom stereocenters. The lowest BCUT2D eigenvalue weighted by Crippen LogP contribution is -2.13. The van der Waals surface area contributed by atoms with Crippen molar-refractivity contribution in [3.05, 3.63) is 22.2 Å². The van der Waals surface area contributed by atoms with Crippen molar-refractivity contribution in [1.82, 2.24) is 0 Å². The zero-order valence-corrected chi connectivity index (χ0v) is 13.4. The third kappa shape index (κ3) is 5.18. The number of halogens is 2. The minimum atomic E-state index is -3.89. The van der Waals surface area contributed by atoms with E-state index in [0.29, 0.717) is 12.4 Å². The van der Waals surface area contributed by atoms with Gasteiger partial charge >= 0.3 is 0 Å². The summed E-state index contributed by atoms with van der Waals surface area (Å²) < 4.78 is 28.0. The average molecular weight is 326 g/mol. The van der Waals surface area contributed by atoms with Crippen molar-refractivity contribution < 1.29 is 13.2 Å². The van der Waals surface area contributed by atoms with Gasteiger partial charge in [-0.2, -0.15) is 0 Å². The highest BCUT2D eigenvalue weighted by Gasteiger charge is 2.17. The first-order valence-electron chi connectivity index (χ1n) is 5.65. The van der Waals surface area contributed by atoms with Gasteiger partial charge in [-0.25, -0.2) is 13.6 Å². The smallest absolute Gasteiger partial charge is 0.239 e. The molecule has 1 rings (SSSR count). The minimum Gasteiger partial charge on any atom is -0.492 e. The van der Waals surface area contributed by atoms with Crippen LogP contribution < -0.4 is 9.88 Å². The molecule has 1 aromatic rings. The number of hydrogen-bond donors (Lipinski definition) is 1. The molecule has 7 heteroatoms. The molecular weight excluding hydrogens is 309 g/mol. The van der Waals surface area contributed by atoms with Gasteiger partial charge in [-0.15, -0.1) is 0 Å². The summed E-state index contributed by atoms with van der Waals surface area (Å²) in [5.74, 6) is 0.350. The third-order valence-corrected chi connectivity index (χ3v) is 4.07. The molecule has 1 aromatic carbocycles. The molecule has 0 bridgehead atoms. The van der Waals surface area contributed by atoms with Crippen LogP contribution in [0.2, 0.25) is 10.0 Å². The second-order valence-corrected chi connectivity index (χ2v) is 7.76. The lowest BCUT2D eigenvalue weighted by atomic mass is 9.93. The van der Waals surface area contributed by atoms with E-state index in [4.69, 9.17) is 33.1 Å². The standard InChI is InChI=1S/C12H17Cl2NO3S/c1-12(2,3)4-5-18-10-6-9(14)11(7-8(10)13)19(15,16)17/h6-7H,4-5H2,1-3H3,(H2,15,16,17). The highest BCUT2D eigenvalue weighted by molar-refractivity contribution is 7.89. The summed E-state index contributed by atoms with van der Waals surface area (Å²) in [5, 5.41) is 5.19. The van der Waals surface area contributed by atoms with Gasteiger partial charge in [0, 0.05) is 6.07 Å². The maximum atomic E-state index is 11.3. The van der Waals surface area contributed by atoms with E-state index >= 15 is 0 Å². The van der Waals surface area contributed by atoms with Crippen molar-refractivity contribution in [2.45, 2.75) is 32.1 Å². The average Bonchev–Trinajstić information content (AvgIpc) is 2.19. The molecule has 19 heavy (non-hydrogen) atoms.